The molecule has 0 aliphatic carbocycles. The molecule has 0 saturated carbocycles. The van der Waals surface area contributed by atoms with Gasteiger partial charge in [0.05, 0.1) is 6.61 Å². The molecule has 3 nitrogen and oxygen atoms in total. The number of hydrogen-bond acceptors (Lipinski definition) is 2. The van der Waals surface area contributed by atoms with E-state index in [4.69, 9.17) is 5.11 Å². The zero-order chi connectivity index (χ0) is 18.7. The number of nitrogens with zero attached hydrogens (tertiary/aromatic N) is 2. The van der Waals surface area contributed by atoms with E-state index in [1.165, 1.54) is 103 Å². The predicted octanol–water partition coefficient (Wildman–Crippen LogP) is 6.68. The van der Waals surface area contributed by atoms with Gasteiger partial charge in [-0.15, -0.1) is 0 Å². The maximum atomic E-state index is 9.02. The Kier molecular flexibility index (Phi) is 15.7. The van der Waals surface area contributed by atoms with E-state index >= 15 is 0 Å². The molecule has 0 spiro atoms. The number of aliphatic hydroxyl groups excluding tert-OH is 1. The van der Waals surface area contributed by atoms with Crippen LogP contribution in [0.15, 0.2) is 12.4 Å². The summed E-state index contributed by atoms with van der Waals surface area (Å²) in [5.74, 6) is 1.02. The summed E-state index contributed by atoms with van der Waals surface area (Å²) < 4.78 is 2.19. The first-order valence-electron chi connectivity index (χ1n) is 11.5. The molecule has 152 valence electrons. The van der Waals surface area contributed by atoms with Gasteiger partial charge in [0.1, 0.15) is 5.82 Å². The largest absolute Gasteiger partial charge is 0.396 e. The average molecular weight is 365 g/mol. The Balaban J connectivity index is 1.78. The van der Waals surface area contributed by atoms with Crippen LogP contribution in [0.4, 0.5) is 0 Å². The van der Waals surface area contributed by atoms with Gasteiger partial charge >= 0.3 is 0 Å². The Bertz CT molecular complexity index is 403. The lowest BCUT2D eigenvalue weighted by Crippen LogP contribution is -2.05. The van der Waals surface area contributed by atoms with Crippen molar-refractivity contribution in [1.29, 1.82) is 0 Å². The van der Waals surface area contributed by atoms with Crippen LogP contribution < -0.4 is 0 Å². The van der Waals surface area contributed by atoms with Gasteiger partial charge < -0.3 is 9.67 Å². The summed E-state index contributed by atoms with van der Waals surface area (Å²) in [6, 6.07) is 0. The van der Waals surface area contributed by atoms with Gasteiger partial charge in [0.25, 0.3) is 0 Å². The molecule has 0 atom stereocenters. The van der Waals surface area contributed by atoms with E-state index < -0.39 is 0 Å². The Morgan fingerprint density at radius 1 is 0.731 bits per heavy atom. The van der Waals surface area contributed by atoms with Gasteiger partial charge in [0.2, 0.25) is 0 Å². The second-order valence-corrected chi connectivity index (χ2v) is 7.81. The van der Waals surface area contributed by atoms with Crippen LogP contribution >= 0.6 is 0 Å². The van der Waals surface area contributed by atoms with Gasteiger partial charge in [-0.1, -0.05) is 103 Å². The minimum atomic E-state index is 0.190. The van der Waals surface area contributed by atoms with Crippen LogP contribution in [0.5, 0.6) is 0 Å². The molecule has 0 aliphatic rings. The maximum Gasteiger partial charge on any atom is 0.110 e. The van der Waals surface area contributed by atoms with Crippen molar-refractivity contribution >= 4 is 0 Å². The average Bonchev–Trinajstić information content (AvgIpc) is 3.09. The molecule has 0 amide bonds. The van der Waals surface area contributed by atoms with Crippen LogP contribution in [0.1, 0.15) is 115 Å². The third kappa shape index (κ3) is 12.5. The van der Waals surface area contributed by atoms with Crippen LogP contribution in [-0.2, 0) is 13.0 Å². The Hall–Kier alpha value is -0.830. The molecule has 0 aromatic carbocycles. The van der Waals surface area contributed by atoms with Crippen molar-refractivity contribution in [3.8, 4) is 0 Å². The zero-order valence-corrected chi connectivity index (χ0v) is 17.4. The van der Waals surface area contributed by atoms with Crippen molar-refractivity contribution in [3.63, 3.8) is 0 Å². The molecule has 0 aliphatic heterocycles. The van der Waals surface area contributed by atoms with E-state index in [0.29, 0.717) is 6.42 Å². The zero-order valence-electron chi connectivity index (χ0n) is 17.4. The number of aliphatic hydroxyl groups is 1. The first-order chi connectivity index (χ1) is 12.9. The third-order valence-corrected chi connectivity index (χ3v) is 5.39. The fourth-order valence-corrected chi connectivity index (χ4v) is 3.70. The van der Waals surface area contributed by atoms with Gasteiger partial charge in [-0.3, -0.25) is 0 Å². The lowest BCUT2D eigenvalue weighted by atomic mass is 10.0. The topological polar surface area (TPSA) is 38.0 Å². The number of aromatic nitrogens is 2. The van der Waals surface area contributed by atoms with Gasteiger partial charge in [-0.05, 0) is 6.42 Å². The summed E-state index contributed by atoms with van der Waals surface area (Å²) in [5.41, 5.74) is 0. The van der Waals surface area contributed by atoms with E-state index in [2.05, 4.69) is 16.5 Å². The van der Waals surface area contributed by atoms with E-state index in [9.17, 15) is 0 Å². The summed E-state index contributed by atoms with van der Waals surface area (Å²) in [5, 5.41) is 9.02. The van der Waals surface area contributed by atoms with Crippen LogP contribution in [-0.4, -0.2) is 21.3 Å². The molecule has 1 heterocycles. The molecular weight excluding hydrogens is 320 g/mol. The minimum Gasteiger partial charge on any atom is -0.396 e. The molecule has 26 heavy (non-hydrogen) atoms. The maximum absolute atomic E-state index is 9.02. The number of rotatable bonds is 19. The second kappa shape index (κ2) is 17.6. The van der Waals surface area contributed by atoms with E-state index in [0.717, 1.165) is 12.4 Å². The fourth-order valence-electron chi connectivity index (χ4n) is 3.70. The molecule has 0 radical (unpaired) electrons. The third-order valence-electron chi connectivity index (χ3n) is 5.39. The lowest BCUT2D eigenvalue weighted by molar-refractivity contribution is 0.294. The van der Waals surface area contributed by atoms with Gasteiger partial charge in [0, 0.05) is 25.4 Å². The molecule has 0 bridgehead atoms. The van der Waals surface area contributed by atoms with Crippen LogP contribution in [0, 0.1) is 0 Å². The Morgan fingerprint density at radius 2 is 1.19 bits per heavy atom. The van der Waals surface area contributed by atoms with Crippen molar-refractivity contribution in [1.82, 2.24) is 9.55 Å². The van der Waals surface area contributed by atoms with Gasteiger partial charge in [-0.25, -0.2) is 4.98 Å². The number of unbranched alkanes of at least 4 members (excludes halogenated alkanes) is 15. The highest BCUT2D eigenvalue weighted by atomic mass is 16.3. The molecule has 0 fully saturated rings. The highest BCUT2D eigenvalue weighted by Crippen LogP contribution is 2.14. The first-order valence-corrected chi connectivity index (χ1v) is 11.5. The lowest BCUT2D eigenvalue weighted by Gasteiger charge is -2.07. The minimum absolute atomic E-state index is 0.190. The summed E-state index contributed by atoms with van der Waals surface area (Å²) in [6.45, 7) is 3.53. The summed E-state index contributed by atoms with van der Waals surface area (Å²) >= 11 is 0. The highest BCUT2D eigenvalue weighted by Gasteiger charge is 2.01. The Labute approximate surface area is 162 Å². The van der Waals surface area contributed by atoms with Crippen molar-refractivity contribution in [2.75, 3.05) is 6.61 Å². The molecule has 3 heteroatoms. The van der Waals surface area contributed by atoms with E-state index in [-0.39, 0.29) is 6.61 Å². The first kappa shape index (κ1) is 23.2. The fraction of sp³-hybridized carbons (Fsp3) is 0.870. The van der Waals surface area contributed by atoms with Crippen LogP contribution in [0.2, 0.25) is 0 Å². The van der Waals surface area contributed by atoms with Gasteiger partial charge in [0.15, 0.2) is 0 Å². The standard InChI is InChI=1S/C23H44N2O/c1-2-3-4-5-6-7-8-9-10-11-12-13-14-15-16-17-20-25-21-19-24-23(25)18-22-26/h19,21,26H,2-18,20,22H2,1H3. The van der Waals surface area contributed by atoms with Gasteiger partial charge in [-0.2, -0.15) is 0 Å². The highest BCUT2D eigenvalue weighted by molar-refractivity contribution is 4.92. The van der Waals surface area contributed by atoms with Crippen molar-refractivity contribution in [2.24, 2.45) is 0 Å². The SMILES string of the molecule is CCCCCCCCCCCCCCCCCCn1ccnc1CCO. The summed E-state index contributed by atoms with van der Waals surface area (Å²) in [7, 11) is 0. The summed E-state index contributed by atoms with van der Waals surface area (Å²) in [6.07, 6.45) is 27.1. The molecule has 1 aromatic heterocycles. The summed E-state index contributed by atoms with van der Waals surface area (Å²) in [4.78, 5) is 4.30. The normalized spacial score (nSPS) is 11.3. The molecule has 0 saturated heterocycles. The van der Waals surface area contributed by atoms with Crippen molar-refractivity contribution < 1.29 is 5.11 Å². The van der Waals surface area contributed by atoms with E-state index in [1.54, 1.807) is 0 Å². The van der Waals surface area contributed by atoms with Crippen molar-refractivity contribution in [3.05, 3.63) is 18.2 Å². The van der Waals surface area contributed by atoms with Crippen molar-refractivity contribution in [2.45, 2.75) is 123 Å². The number of hydrogen-bond donors (Lipinski definition) is 1. The molecular formula is C23H44N2O. The molecule has 1 aromatic rings. The smallest absolute Gasteiger partial charge is 0.110 e. The molecule has 1 N–H and O–H groups in total. The molecule has 0 unspecified atom stereocenters. The number of imidazole rings is 1. The quantitative estimate of drug-likeness (QED) is 0.278. The monoisotopic (exact) mass is 364 g/mol. The second-order valence-electron chi connectivity index (χ2n) is 7.81. The van der Waals surface area contributed by atoms with Crippen LogP contribution in [0.3, 0.4) is 0 Å². The number of aryl methyl sites for hydroxylation is 1. The molecule has 1 rings (SSSR count). The Morgan fingerprint density at radius 3 is 1.65 bits per heavy atom. The van der Waals surface area contributed by atoms with Crippen LogP contribution in [0.25, 0.3) is 0 Å². The van der Waals surface area contributed by atoms with E-state index in [1.807, 2.05) is 12.4 Å². The predicted molar refractivity (Wildman–Crippen MR) is 113 cm³/mol.